The quantitative estimate of drug-likeness (QED) is 0.737. The van der Waals surface area contributed by atoms with Gasteiger partial charge in [-0.1, -0.05) is 13.0 Å². The van der Waals surface area contributed by atoms with Gasteiger partial charge in [-0.25, -0.2) is 0 Å². The first kappa shape index (κ1) is 13.1. The molecule has 0 bridgehead atoms. The highest BCUT2D eigenvalue weighted by Gasteiger charge is 2.02. The maximum absolute atomic E-state index is 8.81. The van der Waals surface area contributed by atoms with Crippen LogP contribution in [0.5, 0.6) is 0 Å². The first-order valence-corrected chi connectivity index (χ1v) is 6.74. The fraction of sp³-hybridized carbons (Fsp3) is 0.467. The predicted molar refractivity (Wildman–Crippen MR) is 75.6 cm³/mol. The number of aliphatic hydroxyl groups is 1. The van der Waals surface area contributed by atoms with Gasteiger partial charge in [0.1, 0.15) is 0 Å². The number of nitrogens with one attached hydrogen (secondary N) is 1. The Morgan fingerprint density at radius 1 is 1.22 bits per heavy atom. The molecule has 2 rings (SSSR count). The molecule has 3 nitrogen and oxygen atoms in total. The number of aromatic nitrogens is 1. The van der Waals surface area contributed by atoms with E-state index < -0.39 is 0 Å². The highest BCUT2D eigenvalue weighted by molar-refractivity contribution is 5.80. The third kappa shape index (κ3) is 3.12. The summed E-state index contributed by atoms with van der Waals surface area (Å²) in [5, 5.41) is 13.5. The van der Waals surface area contributed by atoms with Crippen LogP contribution < -0.4 is 5.32 Å². The Balaban J connectivity index is 2.10. The third-order valence-electron chi connectivity index (χ3n) is 3.22. The smallest absolute Gasteiger partial charge is 0.0480 e. The van der Waals surface area contributed by atoms with Crippen LogP contribution in [0.3, 0.4) is 0 Å². The second-order valence-corrected chi connectivity index (χ2v) is 4.61. The standard InChI is InChI=1S/C15H22N2O/c1-2-16-12-13-5-6-15-14(11-13)7-9-17(15)8-3-4-10-18/h5-7,9,11,16,18H,2-4,8,10,12H2,1H3. The van der Waals surface area contributed by atoms with Gasteiger partial charge in [0.15, 0.2) is 0 Å². The maximum atomic E-state index is 8.81. The summed E-state index contributed by atoms with van der Waals surface area (Å²) in [5.41, 5.74) is 2.62. The first-order chi connectivity index (χ1) is 8.85. The van der Waals surface area contributed by atoms with Crippen molar-refractivity contribution in [3.05, 3.63) is 36.0 Å². The fourth-order valence-corrected chi connectivity index (χ4v) is 2.22. The van der Waals surface area contributed by atoms with E-state index in [9.17, 15) is 0 Å². The molecule has 1 heterocycles. The van der Waals surface area contributed by atoms with Crippen LogP contribution in [0, 0.1) is 0 Å². The Kier molecular flexibility index (Phi) is 4.79. The molecule has 0 aliphatic heterocycles. The zero-order chi connectivity index (χ0) is 12.8. The van der Waals surface area contributed by atoms with E-state index in [2.05, 4.69) is 47.3 Å². The van der Waals surface area contributed by atoms with Crippen LogP contribution in [0.2, 0.25) is 0 Å². The Morgan fingerprint density at radius 3 is 2.89 bits per heavy atom. The summed E-state index contributed by atoms with van der Waals surface area (Å²) in [7, 11) is 0. The van der Waals surface area contributed by atoms with Crippen molar-refractivity contribution in [3.63, 3.8) is 0 Å². The predicted octanol–water partition coefficient (Wildman–Crippen LogP) is 2.52. The van der Waals surface area contributed by atoms with E-state index in [1.165, 1.54) is 16.5 Å². The van der Waals surface area contributed by atoms with Gasteiger partial charge in [0.05, 0.1) is 0 Å². The highest BCUT2D eigenvalue weighted by atomic mass is 16.2. The summed E-state index contributed by atoms with van der Waals surface area (Å²) in [5.74, 6) is 0. The number of aliphatic hydroxyl groups excluding tert-OH is 1. The van der Waals surface area contributed by atoms with Gasteiger partial charge >= 0.3 is 0 Å². The van der Waals surface area contributed by atoms with Gasteiger partial charge in [-0.15, -0.1) is 0 Å². The molecule has 0 saturated carbocycles. The zero-order valence-corrected chi connectivity index (χ0v) is 11.0. The molecular weight excluding hydrogens is 224 g/mol. The minimum atomic E-state index is 0.284. The molecule has 18 heavy (non-hydrogen) atoms. The number of hydrogen-bond acceptors (Lipinski definition) is 2. The summed E-state index contributed by atoms with van der Waals surface area (Å²) in [4.78, 5) is 0. The molecule has 0 aliphatic carbocycles. The number of nitrogens with zero attached hydrogens (tertiary/aromatic N) is 1. The maximum Gasteiger partial charge on any atom is 0.0480 e. The lowest BCUT2D eigenvalue weighted by Gasteiger charge is -2.06. The van der Waals surface area contributed by atoms with Crippen LogP contribution in [-0.4, -0.2) is 22.8 Å². The lowest BCUT2D eigenvalue weighted by molar-refractivity contribution is 0.281. The SMILES string of the molecule is CCNCc1ccc2c(ccn2CCCCO)c1. The minimum absolute atomic E-state index is 0.284. The van der Waals surface area contributed by atoms with Gasteiger partial charge in [0.25, 0.3) is 0 Å². The van der Waals surface area contributed by atoms with Crippen LogP contribution >= 0.6 is 0 Å². The van der Waals surface area contributed by atoms with E-state index in [1.807, 2.05) is 0 Å². The van der Waals surface area contributed by atoms with Crippen molar-refractivity contribution in [2.45, 2.75) is 32.9 Å². The molecule has 0 fully saturated rings. The first-order valence-electron chi connectivity index (χ1n) is 6.74. The molecule has 0 aliphatic rings. The van der Waals surface area contributed by atoms with Gasteiger partial charge in [-0.2, -0.15) is 0 Å². The Morgan fingerprint density at radius 2 is 2.11 bits per heavy atom. The number of unbranched alkanes of at least 4 members (excludes halogenated alkanes) is 1. The molecule has 1 aromatic heterocycles. The molecule has 0 spiro atoms. The lowest BCUT2D eigenvalue weighted by Crippen LogP contribution is -2.11. The number of benzene rings is 1. The molecule has 3 heteroatoms. The van der Waals surface area contributed by atoms with Crippen molar-refractivity contribution in [1.29, 1.82) is 0 Å². The van der Waals surface area contributed by atoms with Crippen molar-refractivity contribution < 1.29 is 5.11 Å². The third-order valence-corrected chi connectivity index (χ3v) is 3.22. The van der Waals surface area contributed by atoms with E-state index in [0.717, 1.165) is 32.5 Å². The molecule has 2 N–H and O–H groups in total. The molecule has 0 radical (unpaired) electrons. The molecule has 0 saturated heterocycles. The van der Waals surface area contributed by atoms with Gasteiger partial charge in [0.2, 0.25) is 0 Å². The van der Waals surface area contributed by atoms with Crippen molar-refractivity contribution >= 4 is 10.9 Å². The summed E-state index contributed by atoms with van der Waals surface area (Å²) >= 11 is 0. The van der Waals surface area contributed by atoms with Gasteiger partial charge in [-0.3, -0.25) is 0 Å². The Labute approximate surface area is 108 Å². The van der Waals surface area contributed by atoms with Crippen molar-refractivity contribution in [2.75, 3.05) is 13.2 Å². The van der Waals surface area contributed by atoms with E-state index in [4.69, 9.17) is 5.11 Å². The lowest BCUT2D eigenvalue weighted by atomic mass is 10.1. The Hall–Kier alpha value is -1.32. The molecular formula is C15H22N2O. The number of fused-ring (bicyclic) bond motifs is 1. The van der Waals surface area contributed by atoms with Crippen molar-refractivity contribution in [1.82, 2.24) is 9.88 Å². The monoisotopic (exact) mass is 246 g/mol. The van der Waals surface area contributed by atoms with Crippen LogP contribution in [0.25, 0.3) is 10.9 Å². The molecule has 0 amide bonds. The second kappa shape index (κ2) is 6.57. The highest BCUT2D eigenvalue weighted by Crippen LogP contribution is 2.18. The molecule has 0 unspecified atom stereocenters. The van der Waals surface area contributed by atoms with Crippen LogP contribution in [0.15, 0.2) is 30.5 Å². The molecule has 1 aromatic carbocycles. The summed E-state index contributed by atoms with van der Waals surface area (Å²) in [6.07, 6.45) is 4.04. The fourth-order valence-electron chi connectivity index (χ4n) is 2.22. The van der Waals surface area contributed by atoms with E-state index in [1.54, 1.807) is 0 Å². The van der Waals surface area contributed by atoms with Gasteiger partial charge in [0, 0.05) is 31.4 Å². The van der Waals surface area contributed by atoms with E-state index in [-0.39, 0.29) is 6.61 Å². The topological polar surface area (TPSA) is 37.2 Å². The second-order valence-electron chi connectivity index (χ2n) is 4.61. The van der Waals surface area contributed by atoms with Crippen LogP contribution in [0.1, 0.15) is 25.3 Å². The zero-order valence-electron chi connectivity index (χ0n) is 11.0. The minimum Gasteiger partial charge on any atom is -0.396 e. The number of aryl methyl sites for hydroxylation is 1. The normalized spacial score (nSPS) is 11.2. The summed E-state index contributed by atoms with van der Waals surface area (Å²) in [6, 6.07) is 8.80. The van der Waals surface area contributed by atoms with Gasteiger partial charge in [-0.05, 0) is 48.5 Å². The summed E-state index contributed by atoms with van der Waals surface area (Å²) in [6.45, 7) is 5.32. The van der Waals surface area contributed by atoms with Crippen molar-refractivity contribution in [3.8, 4) is 0 Å². The molecule has 0 atom stereocenters. The number of hydrogen-bond donors (Lipinski definition) is 2. The average Bonchev–Trinajstić information content (AvgIpc) is 2.79. The van der Waals surface area contributed by atoms with Crippen LogP contribution in [-0.2, 0) is 13.1 Å². The molecule has 2 aromatic rings. The number of rotatable bonds is 7. The van der Waals surface area contributed by atoms with E-state index in [0.29, 0.717) is 0 Å². The largest absolute Gasteiger partial charge is 0.396 e. The van der Waals surface area contributed by atoms with E-state index >= 15 is 0 Å². The average molecular weight is 246 g/mol. The van der Waals surface area contributed by atoms with Crippen LogP contribution in [0.4, 0.5) is 0 Å². The van der Waals surface area contributed by atoms with Crippen molar-refractivity contribution in [2.24, 2.45) is 0 Å². The van der Waals surface area contributed by atoms with Gasteiger partial charge < -0.3 is 15.0 Å². The summed E-state index contributed by atoms with van der Waals surface area (Å²) < 4.78 is 2.27. The Bertz CT molecular complexity index is 490. The molecule has 98 valence electrons.